The summed E-state index contributed by atoms with van der Waals surface area (Å²) in [5.41, 5.74) is 4.16. The fourth-order valence-corrected chi connectivity index (χ4v) is 6.41. The lowest BCUT2D eigenvalue weighted by molar-refractivity contribution is 0.0610. The van der Waals surface area contributed by atoms with Crippen molar-refractivity contribution in [2.24, 2.45) is 5.41 Å². The van der Waals surface area contributed by atoms with Crippen LogP contribution in [0.25, 0.3) is 0 Å². The van der Waals surface area contributed by atoms with Crippen LogP contribution >= 0.6 is 0 Å². The molecule has 2 aromatic carbocycles. The van der Waals surface area contributed by atoms with E-state index in [0.717, 1.165) is 69.4 Å². The van der Waals surface area contributed by atoms with Gasteiger partial charge in [0.1, 0.15) is 11.6 Å². The molecule has 202 valence electrons. The number of likely N-dealkylation sites (tertiary alicyclic amines) is 1. The van der Waals surface area contributed by atoms with Crippen LogP contribution in [0.3, 0.4) is 0 Å². The Labute approximate surface area is 228 Å². The van der Waals surface area contributed by atoms with Crippen LogP contribution in [0, 0.1) is 11.2 Å². The molecule has 0 saturated carbocycles. The van der Waals surface area contributed by atoms with Crippen molar-refractivity contribution >= 4 is 17.5 Å². The quantitative estimate of drug-likeness (QED) is 0.516. The number of piperidine rings is 1. The van der Waals surface area contributed by atoms with Crippen LogP contribution in [-0.4, -0.2) is 55.0 Å². The highest BCUT2D eigenvalue weighted by Crippen LogP contribution is 2.42. The van der Waals surface area contributed by atoms with E-state index >= 15 is 0 Å². The van der Waals surface area contributed by atoms with Crippen molar-refractivity contribution in [2.45, 2.75) is 38.1 Å². The lowest BCUT2D eigenvalue weighted by Crippen LogP contribution is -2.44. The van der Waals surface area contributed by atoms with Gasteiger partial charge in [-0.05, 0) is 85.0 Å². The lowest BCUT2D eigenvalue weighted by Gasteiger charge is -2.39. The van der Waals surface area contributed by atoms with Crippen molar-refractivity contribution in [3.05, 3.63) is 89.0 Å². The Kier molecular flexibility index (Phi) is 6.71. The first-order valence-electron chi connectivity index (χ1n) is 13.7. The summed E-state index contributed by atoms with van der Waals surface area (Å²) in [4.78, 5) is 34.9. The second-order valence-electron chi connectivity index (χ2n) is 11.0. The number of rotatable bonds is 5. The molecule has 1 aliphatic carbocycles. The Balaban J connectivity index is 1.10. The average molecular weight is 529 g/mol. The third-order valence-electron chi connectivity index (χ3n) is 8.77. The molecule has 3 aliphatic rings. The van der Waals surface area contributed by atoms with E-state index < -0.39 is 11.7 Å². The summed E-state index contributed by atoms with van der Waals surface area (Å²) in [6.07, 6.45) is 8.34. The van der Waals surface area contributed by atoms with Crippen LogP contribution < -0.4 is 15.0 Å². The molecule has 2 fully saturated rings. The Hall–Kier alpha value is -3.94. The molecule has 1 spiro atoms. The molecule has 3 aromatic rings. The van der Waals surface area contributed by atoms with Crippen LogP contribution in [0.1, 0.15) is 63.6 Å². The summed E-state index contributed by atoms with van der Waals surface area (Å²) in [6, 6.07) is 13.9. The second kappa shape index (κ2) is 10.3. The van der Waals surface area contributed by atoms with E-state index in [1.54, 1.807) is 6.07 Å². The number of carbonyl (C=O) groups excluding carboxylic acids is 2. The van der Waals surface area contributed by atoms with Gasteiger partial charge in [0, 0.05) is 55.9 Å². The molecule has 7 nitrogen and oxygen atoms in total. The van der Waals surface area contributed by atoms with Gasteiger partial charge in [-0.1, -0.05) is 6.07 Å². The number of benzene rings is 2. The van der Waals surface area contributed by atoms with Gasteiger partial charge in [0.05, 0.1) is 18.7 Å². The summed E-state index contributed by atoms with van der Waals surface area (Å²) < 4.78 is 19.5. The maximum atomic E-state index is 14.5. The van der Waals surface area contributed by atoms with Gasteiger partial charge in [-0.3, -0.25) is 14.6 Å². The zero-order valence-corrected chi connectivity index (χ0v) is 22.2. The highest BCUT2D eigenvalue weighted by Gasteiger charge is 2.41. The maximum absolute atomic E-state index is 14.5. The van der Waals surface area contributed by atoms with Crippen LogP contribution in [0.4, 0.5) is 10.1 Å². The van der Waals surface area contributed by atoms with Gasteiger partial charge in [0.15, 0.2) is 0 Å². The first-order valence-corrected chi connectivity index (χ1v) is 13.7. The van der Waals surface area contributed by atoms with E-state index in [9.17, 15) is 14.0 Å². The Bertz CT molecular complexity index is 1390. The number of nitrogens with zero attached hydrogens (tertiary/aromatic N) is 3. The first-order chi connectivity index (χ1) is 18.9. The summed E-state index contributed by atoms with van der Waals surface area (Å²) in [5.74, 6) is -0.692. The van der Waals surface area contributed by atoms with E-state index in [1.807, 2.05) is 35.5 Å². The summed E-state index contributed by atoms with van der Waals surface area (Å²) in [7, 11) is 1.46. The van der Waals surface area contributed by atoms with Crippen molar-refractivity contribution in [3.8, 4) is 5.75 Å². The maximum Gasteiger partial charge on any atom is 0.254 e. The second-order valence-corrected chi connectivity index (χ2v) is 11.0. The fourth-order valence-electron chi connectivity index (χ4n) is 6.41. The molecule has 8 heteroatoms. The number of pyridine rings is 1. The molecule has 1 atom stereocenters. The number of hydrogen-bond acceptors (Lipinski definition) is 5. The molecule has 0 radical (unpaired) electrons. The van der Waals surface area contributed by atoms with Gasteiger partial charge < -0.3 is 19.9 Å². The Morgan fingerprint density at radius 2 is 1.79 bits per heavy atom. The number of amides is 2. The first kappa shape index (κ1) is 25.3. The molecule has 6 rings (SSSR count). The highest BCUT2D eigenvalue weighted by atomic mass is 19.1. The molecular formula is C31H33FN4O3. The molecule has 2 amide bonds. The SMILES string of the molecule is COc1ccc(C(=O)NC2CCc3ccc(C(=O)N4CCC5(CC4)CCN(c4ccncc4)C5)cc32)c(F)c1. The van der Waals surface area contributed by atoms with Crippen LogP contribution in [0.15, 0.2) is 60.9 Å². The minimum atomic E-state index is -0.622. The molecule has 0 bridgehead atoms. The van der Waals surface area contributed by atoms with Gasteiger partial charge in [-0.25, -0.2) is 4.39 Å². The third kappa shape index (κ3) is 4.95. The predicted octanol–water partition coefficient (Wildman–Crippen LogP) is 4.78. The minimum absolute atomic E-state index is 0.0202. The number of nitrogens with one attached hydrogen (secondary N) is 1. The molecule has 1 aromatic heterocycles. The minimum Gasteiger partial charge on any atom is -0.497 e. The van der Waals surface area contributed by atoms with Crippen LogP contribution in [0.2, 0.25) is 0 Å². The molecule has 2 saturated heterocycles. The van der Waals surface area contributed by atoms with E-state index in [2.05, 4.69) is 27.3 Å². The standard InChI is InChI=1S/C31H33FN4O3/c1-39-24-5-6-25(27(32)19-24)29(37)34-28-7-4-21-2-3-22(18-26(21)28)30(38)35-15-10-31(11-16-35)12-17-36(20-31)23-8-13-33-14-9-23/h2-3,5-6,8-9,13-14,18-19,28H,4,7,10-12,15-17,20H2,1H3,(H,34,37). The predicted molar refractivity (Wildman–Crippen MR) is 147 cm³/mol. The number of halogens is 1. The third-order valence-corrected chi connectivity index (χ3v) is 8.77. The highest BCUT2D eigenvalue weighted by molar-refractivity contribution is 5.96. The molecule has 3 heterocycles. The number of ether oxygens (including phenoxy) is 1. The lowest BCUT2D eigenvalue weighted by atomic mass is 9.77. The van der Waals surface area contributed by atoms with Crippen molar-refractivity contribution in [1.82, 2.24) is 15.2 Å². The molecular weight excluding hydrogens is 495 g/mol. The number of aryl methyl sites for hydroxylation is 1. The summed E-state index contributed by atoms with van der Waals surface area (Å²) in [6.45, 7) is 3.55. The summed E-state index contributed by atoms with van der Waals surface area (Å²) in [5, 5.41) is 2.97. The van der Waals surface area contributed by atoms with Crippen molar-refractivity contribution in [1.29, 1.82) is 0 Å². The average Bonchev–Trinajstić information content (AvgIpc) is 3.57. The largest absolute Gasteiger partial charge is 0.497 e. The number of methoxy groups -OCH3 is 1. The van der Waals surface area contributed by atoms with E-state index in [0.29, 0.717) is 11.3 Å². The zero-order valence-electron chi connectivity index (χ0n) is 22.2. The number of aromatic nitrogens is 1. The van der Waals surface area contributed by atoms with Crippen molar-refractivity contribution in [3.63, 3.8) is 0 Å². The molecule has 1 unspecified atom stereocenters. The number of anilines is 1. The van der Waals surface area contributed by atoms with E-state index in [-0.39, 0.29) is 22.9 Å². The Morgan fingerprint density at radius 1 is 1.03 bits per heavy atom. The van der Waals surface area contributed by atoms with Crippen molar-refractivity contribution in [2.75, 3.05) is 38.2 Å². The van der Waals surface area contributed by atoms with Crippen LogP contribution in [0.5, 0.6) is 5.75 Å². The van der Waals surface area contributed by atoms with Crippen LogP contribution in [-0.2, 0) is 6.42 Å². The Morgan fingerprint density at radius 3 is 2.54 bits per heavy atom. The van der Waals surface area contributed by atoms with Crippen molar-refractivity contribution < 1.29 is 18.7 Å². The normalized spacial score (nSPS) is 19.7. The van der Waals surface area contributed by atoms with Gasteiger partial charge in [-0.15, -0.1) is 0 Å². The number of hydrogen-bond donors (Lipinski definition) is 1. The topological polar surface area (TPSA) is 74.8 Å². The van der Waals surface area contributed by atoms with Gasteiger partial charge in [-0.2, -0.15) is 0 Å². The van der Waals surface area contributed by atoms with E-state index in [4.69, 9.17) is 4.74 Å². The van der Waals surface area contributed by atoms with Gasteiger partial charge in [0.25, 0.3) is 11.8 Å². The smallest absolute Gasteiger partial charge is 0.254 e. The fraction of sp³-hybridized carbons (Fsp3) is 0.387. The zero-order chi connectivity index (χ0) is 27.0. The van der Waals surface area contributed by atoms with Gasteiger partial charge >= 0.3 is 0 Å². The molecule has 39 heavy (non-hydrogen) atoms. The number of carbonyl (C=O) groups is 2. The molecule has 2 aliphatic heterocycles. The monoisotopic (exact) mass is 528 g/mol. The summed E-state index contributed by atoms with van der Waals surface area (Å²) >= 11 is 0. The van der Waals surface area contributed by atoms with Gasteiger partial charge in [0.2, 0.25) is 0 Å². The number of fused-ring (bicyclic) bond motifs is 1. The van der Waals surface area contributed by atoms with E-state index in [1.165, 1.54) is 24.9 Å². The molecule has 1 N–H and O–H groups in total.